The van der Waals surface area contributed by atoms with E-state index in [1.807, 2.05) is 6.92 Å². The number of hydrogen-bond donors (Lipinski definition) is 7. The van der Waals surface area contributed by atoms with E-state index in [0.29, 0.717) is 50.9 Å². The van der Waals surface area contributed by atoms with Crippen molar-refractivity contribution in [2.24, 2.45) is 46.3 Å². The van der Waals surface area contributed by atoms with Gasteiger partial charge in [-0.3, -0.25) is 9.59 Å². The molecule has 0 aromatic heterocycles. The number of fused-ring (bicyclic) bond motifs is 5. The molecule has 15 heteroatoms. The molecule has 0 radical (unpaired) electrons. The zero-order valence-corrected chi connectivity index (χ0v) is 35.4. The summed E-state index contributed by atoms with van der Waals surface area (Å²) >= 11 is 0. The summed E-state index contributed by atoms with van der Waals surface area (Å²) in [5.74, 6) is -1.36. The molecule has 21 atom stereocenters. The molecule has 6 aliphatic rings. The third-order valence-electron chi connectivity index (χ3n) is 15.1. The van der Waals surface area contributed by atoms with Crippen LogP contribution in [-0.2, 0) is 38.0 Å². The molecule has 332 valence electrons. The summed E-state index contributed by atoms with van der Waals surface area (Å²) in [4.78, 5) is 24.6. The van der Waals surface area contributed by atoms with Gasteiger partial charge in [0.2, 0.25) is 0 Å². The van der Waals surface area contributed by atoms with Crippen LogP contribution in [0.4, 0.5) is 0 Å². The maximum Gasteiger partial charge on any atom is 0.303 e. The molecule has 3 saturated carbocycles. The smallest absolute Gasteiger partial charge is 0.303 e. The Morgan fingerprint density at radius 2 is 1.57 bits per heavy atom. The van der Waals surface area contributed by atoms with E-state index in [9.17, 15) is 45.3 Å². The van der Waals surface area contributed by atoms with E-state index in [2.05, 4.69) is 33.8 Å². The highest BCUT2D eigenvalue weighted by Crippen LogP contribution is 2.68. The van der Waals surface area contributed by atoms with Crippen LogP contribution in [-0.4, -0.2) is 140 Å². The Morgan fingerprint density at radius 3 is 2.21 bits per heavy atom. The third-order valence-corrected chi connectivity index (χ3v) is 15.1. The van der Waals surface area contributed by atoms with Crippen molar-refractivity contribution in [1.82, 2.24) is 0 Å². The highest BCUT2D eigenvalue weighted by Gasteiger charge is 2.66. The Labute approximate surface area is 342 Å². The van der Waals surface area contributed by atoms with Crippen LogP contribution in [0.1, 0.15) is 107 Å². The van der Waals surface area contributed by atoms with Crippen LogP contribution >= 0.6 is 0 Å². The number of hydrogen-bond acceptors (Lipinski definition) is 15. The van der Waals surface area contributed by atoms with Gasteiger partial charge in [0.05, 0.1) is 37.1 Å². The lowest BCUT2D eigenvalue weighted by Gasteiger charge is -2.60. The molecule has 2 saturated heterocycles. The van der Waals surface area contributed by atoms with Crippen LogP contribution in [0, 0.1) is 46.3 Å². The van der Waals surface area contributed by atoms with Gasteiger partial charge in [-0.05, 0) is 105 Å². The maximum absolute atomic E-state index is 12.4. The monoisotopic (exact) mass is 826 g/mol. The Hall–Kier alpha value is -1.76. The number of aliphatic hydroxyl groups excluding tert-OH is 7. The first kappa shape index (κ1) is 45.8. The van der Waals surface area contributed by atoms with Gasteiger partial charge >= 0.3 is 11.9 Å². The zero-order valence-electron chi connectivity index (χ0n) is 35.4. The van der Waals surface area contributed by atoms with E-state index < -0.39 is 104 Å². The molecule has 5 fully saturated rings. The summed E-state index contributed by atoms with van der Waals surface area (Å²) in [6.07, 6.45) is -7.46. The predicted octanol–water partition coefficient (Wildman–Crippen LogP) is 2.12. The highest BCUT2D eigenvalue weighted by atomic mass is 16.7. The highest BCUT2D eigenvalue weighted by molar-refractivity contribution is 5.67. The first-order valence-electron chi connectivity index (χ1n) is 21.6. The Balaban J connectivity index is 1.28. The van der Waals surface area contributed by atoms with Gasteiger partial charge in [-0.15, -0.1) is 0 Å². The number of aliphatic hydroxyl groups is 7. The molecule has 7 N–H and O–H groups in total. The summed E-state index contributed by atoms with van der Waals surface area (Å²) in [6, 6.07) is 0. The molecule has 2 aliphatic heterocycles. The molecule has 0 aromatic rings. The fourth-order valence-electron chi connectivity index (χ4n) is 12.3. The minimum atomic E-state index is -1.53. The minimum Gasteiger partial charge on any atom is -0.455 e. The standard InChI is InChI=1S/C43H70O15/c1-19(2)9-12-28(47)20(3)32-30(57-41-39(55-23(6)46)38(54-22(5)45)34(49)21(4)53-41)16-27-26-11-10-24-15-25(56-40-37(52)36(51)35(50)31(18-44)58-40)13-14-42(24,7)33(26)29(48)17-43(27,32)8/h10,19-21,25-41,44,47-52H,9,11-18H2,1-8H3/t20-,21+,25+,26+,27+,28+,29-,30+,31-,32+,33-,34+,35-,36+,37-,38-,39-,40-,41+,42+,43+/m1/s1. The van der Waals surface area contributed by atoms with Gasteiger partial charge in [-0.1, -0.05) is 46.3 Å². The van der Waals surface area contributed by atoms with Gasteiger partial charge in [0.1, 0.15) is 30.5 Å². The van der Waals surface area contributed by atoms with Crippen LogP contribution in [0.25, 0.3) is 0 Å². The Morgan fingerprint density at radius 1 is 0.897 bits per heavy atom. The Bertz CT molecular complexity index is 1470. The molecule has 4 aliphatic carbocycles. The summed E-state index contributed by atoms with van der Waals surface area (Å²) < 4.78 is 36.2. The van der Waals surface area contributed by atoms with Crippen LogP contribution in [0.5, 0.6) is 0 Å². The summed E-state index contributed by atoms with van der Waals surface area (Å²) in [5, 5.41) is 76.1. The van der Waals surface area contributed by atoms with E-state index in [-0.39, 0.29) is 41.1 Å². The lowest BCUT2D eigenvalue weighted by molar-refractivity contribution is -0.313. The van der Waals surface area contributed by atoms with Gasteiger partial charge in [0.15, 0.2) is 24.8 Å². The molecular formula is C43H70O15. The van der Waals surface area contributed by atoms with Crippen LogP contribution < -0.4 is 0 Å². The number of rotatable bonds is 12. The second-order valence-electron chi connectivity index (χ2n) is 19.3. The van der Waals surface area contributed by atoms with E-state index >= 15 is 0 Å². The van der Waals surface area contributed by atoms with E-state index in [1.54, 1.807) is 6.92 Å². The average molecular weight is 827 g/mol. The molecule has 0 unspecified atom stereocenters. The molecule has 6 rings (SSSR count). The average Bonchev–Trinajstić information content (AvgIpc) is 3.44. The molecule has 15 nitrogen and oxygen atoms in total. The van der Waals surface area contributed by atoms with Crippen molar-refractivity contribution in [2.45, 2.75) is 193 Å². The lowest BCUT2D eigenvalue weighted by Crippen LogP contribution is -2.61. The largest absolute Gasteiger partial charge is 0.455 e. The second-order valence-corrected chi connectivity index (χ2v) is 19.3. The summed E-state index contributed by atoms with van der Waals surface area (Å²) in [6.45, 7) is 14.3. The van der Waals surface area contributed by atoms with E-state index in [0.717, 1.165) is 12.0 Å². The quantitative estimate of drug-likeness (QED) is 0.110. The van der Waals surface area contributed by atoms with Crippen molar-refractivity contribution in [1.29, 1.82) is 0 Å². The lowest BCUT2D eigenvalue weighted by atomic mass is 9.46. The first-order valence-corrected chi connectivity index (χ1v) is 21.6. The maximum atomic E-state index is 12.4. The van der Waals surface area contributed by atoms with Crippen molar-refractivity contribution in [3.8, 4) is 0 Å². The number of carbonyl (C=O) groups excluding carboxylic acids is 2. The SMILES string of the molecule is CC(=O)O[C@@H]1[C@@H](O)[C@H](C)O[C@@H](O[C@H]2C[C@H]3[C@@H]4CC=C5C[C@@H](O[C@@H]6O[C@H](CO)[C@@H](O)[C@H](O)[C@H]6O)CC[C@]5(C)[C@H]4[C@H](O)C[C@]3(C)[C@H]2[C@H](C)[C@@H](O)CCC(C)C)[C@@H]1OC(C)=O. The minimum absolute atomic E-state index is 0.0626. The first-order chi connectivity index (χ1) is 27.2. The van der Waals surface area contributed by atoms with E-state index in [1.165, 1.54) is 13.8 Å². The fraction of sp³-hybridized carbons (Fsp3) is 0.907. The van der Waals surface area contributed by atoms with Gasteiger partial charge in [-0.25, -0.2) is 0 Å². The second kappa shape index (κ2) is 17.9. The number of ether oxygens (including phenoxy) is 6. The number of esters is 2. The van der Waals surface area contributed by atoms with Gasteiger partial charge < -0.3 is 64.2 Å². The molecule has 0 aromatic carbocycles. The van der Waals surface area contributed by atoms with Crippen molar-refractivity contribution in [3.05, 3.63) is 11.6 Å². The predicted molar refractivity (Wildman–Crippen MR) is 206 cm³/mol. The Kier molecular flexibility index (Phi) is 14.1. The normalized spacial score (nSPS) is 47.6. The molecule has 0 spiro atoms. The summed E-state index contributed by atoms with van der Waals surface area (Å²) in [7, 11) is 0. The topological polar surface area (TPSA) is 231 Å². The third kappa shape index (κ3) is 8.66. The van der Waals surface area contributed by atoms with Crippen molar-refractivity contribution in [3.63, 3.8) is 0 Å². The van der Waals surface area contributed by atoms with Gasteiger partial charge in [0.25, 0.3) is 0 Å². The molecular weight excluding hydrogens is 756 g/mol. The van der Waals surface area contributed by atoms with E-state index in [4.69, 9.17) is 28.4 Å². The summed E-state index contributed by atoms with van der Waals surface area (Å²) in [5.41, 5.74) is 0.312. The van der Waals surface area contributed by atoms with Crippen molar-refractivity contribution < 1.29 is 73.8 Å². The van der Waals surface area contributed by atoms with Gasteiger partial charge in [0, 0.05) is 13.8 Å². The molecule has 58 heavy (non-hydrogen) atoms. The molecule has 2 heterocycles. The number of allylic oxidation sites excluding steroid dienone is 1. The van der Waals surface area contributed by atoms with Crippen molar-refractivity contribution in [2.75, 3.05) is 6.61 Å². The zero-order chi connectivity index (χ0) is 42.6. The fourth-order valence-corrected chi connectivity index (χ4v) is 12.3. The van der Waals surface area contributed by atoms with Gasteiger partial charge in [-0.2, -0.15) is 0 Å². The van der Waals surface area contributed by atoms with Crippen LogP contribution in [0.3, 0.4) is 0 Å². The van der Waals surface area contributed by atoms with Crippen molar-refractivity contribution >= 4 is 11.9 Å². The molecule has 0 bridgehead atoms. The molecule has 0 amide bonds. The van der Waals surface area contributed by atoms with Crippen LogP contribution in [0.2, 0.25) is 0 Å². The van der Waals surface area contributed by atoms with Crippen LogP contribution in [0.15, 0.2) is 11.6 Å². The number of carbonyl (C=O) groups is 2.